The molecule has 0 aromatic heterocycles. The molecule has 3 rings (SSSR count). The molecule has 1 aliphatic heterocycles. The fourth-order valence-corrected chi connectivity index (χ4v) is 3.64. The number of anilines is 1. The maximum atomic E-state index is 9.78. The Bertz CT molecular complexity index is 501. The summed E-state index contributed by atoms with van der Waals surface area (Å²) in [4.78, 5) is 0. The SMILES string of the molecule is OCC1(CNc2cc3c(cc2Br)OCCO3)CCCCC1. The third-order valence-electron chi connectivity index (χ3n) is 4.54. The summed E-state index contributed by atoms with van der Waals surface area (Å²) in [5, 5.41) is 13.3. The molecule has 5 heteroatoms. The van der Waals surface area contributed by atoms with Crippen molar-refractivity contribution in [3.8, 4) is 11.5 Å². The van der Waals surface area contributed by atoms with E-state index >= 15 is 0 Å². The molecule has 4 nitrogen and oxygen atoms in total. The summed E-state index contributed by atoms with van der Waals surface area (Å²) >= 11 is 3.58. The van der Waals surface area contributed by atoms with Crippen molar-refractivity contribution in [2.24, 2.45) is 5.41 Å². The molecular formula is C16H22BrNO3. The van der Waals surface area contributed by atoms with E-state index in [1.807, 2.05) is 12.1 Å². The molecule has 116 valence electrons. The highest BCUT2D eigenvalue weighted by molar-refractivity contribution is 9.10. The van der Waals surface area contributed by atoms with Gasteiger partial charge in [-0.25, -0.2) is 0 Å². The summed E-state index contributed by atoms with van der Waals surface area (Å²) in [5.74, 6) is 1.57. The second kappa shape index (κ2) is 6.44. The fourth-order valence-electron chi connectivity index (χ4n) is 3.17. The van der Waals surface area contributed by atoms with E-state index in [2.05, 4.69) is 21.2 Å². The van der Waals surface area contributed by atoms with E-state index in [4.69, 9.17) is 9.47 Å². The molecular weight excluding hydrogens is 334 g/mol. The van der Waals surface area contributed by atoms with Crippen LogP contribution in [0.2, 0.25) is 0 Å². The van der Waals surface area contributed by atoms with Crippen LogP contribution >= 0.6 is 15.9 Å². The van der Waals surface area contributed by atoms with Gasteiger partial charge in [-0.15, -0.1) is 0 Å². The molecule has 0 atom stereocenters. The second-order valence-corrected chi connectivity index (χ2v) is 6.90. The van der Waals surface area contributed by atoms with Crippen molar-refractivity contribution < 1.29 is 14.6 Å². The number of nitrogens with one attached hydrogen (secondary N) is 1. The lowest BCUT2D eigenvalue weighted by molar-refractivity contribution is 0.0944. The van der Waals surface area contributed by atoms with Gasteiger partial charge in [0, 0.05) is 28.6 Å². The molecule has 0 spiro atoms. The van der Waals surface area contributed by atoms with Crippen LogP contribution in [0.5, 0.6) is 11.5 Å². The van der Waals surface area contributed by atoms with Crippen molar-refractivity contribution in [2.75, 3.05) is 31.7 Å². The molecule has 0 saturated heterocycles. The van der Waals surface area contributed by atoms with Crippen LogP contribution in [0.15, 0.2) is 16.6 Å². The van der Waals surface area contributed by atoms with Gasteiger partial charge in [0.2, 0.25) is 0 Å². The molecule has 0 amide bonds. The van der Waals surface area contributed by atoms with E-state index in [1.165, 1.54) is 19.3 Å². The fraction of sp³-hybridized carbons (Fsp3) is 0.625. The standard InChI is InChI=1S/C16H22BrNO3/c17-12-8-14-15(21-7-6-20-14)9-13(12)18-10-16(11-19)4-2-1-3-5-16/h8-9,18-19H,1-7,10-11H2. The number of hydrogen-bond donors (Lipinski definition) is 2. The molecule has 1 aliphatic carbocycles. The Morgan fingerprint density at radius 3 is 2.43 bits per heavy atom. The highest BCUT2D eigenvalue weighted by Gasteiger charge is 2.31. The van der Waals surface area contributed by atoms with Crippen LogP contribution in [-0.2, 0) is 0 Å². The van der Waals surface area contributed by atoms with E-state index in [0.29, 0.717) is 13.2 Å². The van der Waals surface area contributed by atoms with Gasteiger partial charge < -0.3 is 19.9 Å². The number of rotatable bonds is 4. The van der Waals surface area contributed by atoms with Gasteiger partial charge >= 0.3 is 0 Å². The maximum absolute atomic E-state index is 9.78. The van der Waals surface area contributed by atoms with Crippen LogP contribution in [0.4, 0.5) is 5.69 Å². The Hall–Kier alpha value is -0.940. The first kappa shape index (κ1) is 15.0. The number of benzene rings is 1. The molecule has 0 unspecified atom stereocenters. The zero-order valence-corrected chi connectivity index (χ0v) is 13.7. The molecule has 1 aromatic rings. The van der Waals surface area contributed by atoms with Gasteiger partial charge in [-0.2, -0.15) is 0 Å². The molecule has 2 aliphatic rings. The molecule has 1 fully saturated rings. The quantitative estimate of drug-likeness (QED) is 0.866. The minimum absolute atomic E-state index is 0.0188. The minimum Gasteiger partial charge on any atom is -0.486 e. The Morgan fingerprint density at radius 2 is 1.76 bits per heavy atom. The topological polar surface area (TPSA) is 50.7 Å². The minimum atomic E-state index is 0.0188. The summed E-state index contributed by atoms with van der Waals surface area (Å²) in [5.41, 5.74) is 1.02. The second-order valence-electron chi connectivity index (χ2n) is 6.05. The van der Waals surface area contributed by atoms with Crippen molar-refractivity contribution in [3.63, 3.8) is 0 Å². The third kappa shape index (κ3) is 3.29. The Kier molecular flexibility index (Phi) is 4.60. The van der Waals surface area contributed by atoms with Crippen molar-refractivity contribution >= 4 is 21.6 Å². The smallest absolute Gasteiger partial charge is 0.163 e. The van der Waals surface area contributed by atoms with Crippen molar-refractivity contribution in [1.29, 1.82) is 0 Å². The number of aliphatic hydroxyl groups excluding tert-OH is 1. The maximum Gasteiger partial charge on any atom is 0.163 e. The molecule has 21 heavy (non-hydrogen) atoms. The lowest BCUT2D eigenvalue weighted by atomic mass is 9.74. The van der Waals surface area contributed by atoms with Gasteiger partial charge in [-0.3, -0.25) is 0 Å². The molecule has 1 heterocycles. The summed E-state index contributed by atoms with van der Waals surface area (Å²) in [6.45, 7) is 2.23. The van der Waals surface area contributed by atoms with Crippen LogP contribution in [0.25, 0.3) is 0 Å². The summed E-state index contributed by atoms with van der Waals surface area (Å²) in [7, 11) is 0. The Balaban J connectivity index is 1.72. The lowest BCUT2D eigenvalue weighted by Crippen LogP contribution is -2.35. The number of ether oxygens (including phenoxy) is 2. The molecule has 1 saturated carbocycles. The van der Waals surface area contributed by atoms with E-state index in [1.54, 1.807) is 0 Å². The number of halogens is 1. The molecule has 2 N–H and O–H groups in total. The Morgan fingerprint density at radius 1 is 1.10 bits per heavy atom. The van der Waals surface area contributed by atoms with Gasteiger partial charge in [0.05, 0.1) is 12.3 Å². The van der Waals surface area contributed by atoms with E-state index in [9.17, 15) is 5.11 Å². The Labute approximate surface area is 134 Å². The van der Waals surface area contributed by atoms with Gasteiger partial charge in [-0.05, 0) is 28.8 Å². The summed E-state index contributed by atoms with van der Waals surface area (Å²) < 4.78 is 12.2. The molecule has 1 aromatic carbocycles. The normalized spacial score (nSPS) is 20.1. The van der Waals surface area contributed by atoms with Crippen LogP contribution in [-0.4, -0.2) is 31.5 Å². The average Bonchev–Trinajstić information content (AvgIpc) is 2.54. The zero-order valence-electron chi connectivity index (χ0n) is 12.2. The predicted molar refractivity (Wildman–Crippen MR) is 86.2 cm³/mol. The monoisotopic (exact) mass is 355 g/mol. The van der Waals surface area contributed by atoms with Gasteiger partial charge in [0.25, 0.3) is 0 Å². The first-order valence-electron chi connectivity index (χ1n) is 7.66. The van der Waals surface area contributed by atoms with Crippen molar-refractivity contribution in [2.45, 2.75) is 32.1 Å². The van der Waals surface area contributed by atoms with E-state index in [0.717, 1.165) is 41.0 Å². The predicted octanol–water partition coefficient (Wildman–Crippen LogP) is 3.58. The van der Waals surface area contributed by atoms with Crippen molar-refractivity contribution in [3.05, 3.63) is 16.6 Å². The first-order chi connectivity index (χ1) is 10.2. The van der Waals surface area contributed by atoms with Gasteiger partial charge in [-0.1, -0.05) is 19.3 Å². The summed E-state index contributed by atoms with van der Waals surface area (Å²) in [6, 6.07) is 3.93. The van der Waals surface area contributed by atoms with E-state index < -0.39 is 0 Å². The van der Waals surface area contributed by atoms with Crippen LogP contribution in [0.3, 0.4) is 0 Å². The summed E-state index contributed by atoms with van der Waals surface area (Å²) in [6.07, 6.45) is 5.90. The van der Waals surface area contributed by atoms with Crippen LogP contribution < -0.4 is 14.8 Å². The third-order valence-corrected chi connectivity index (χ3v) is 5.19. The van der Waals surface area contributed by atoms with Gasteiger partial charge in [0.1, 0.15) is 13.2 Å². The average molecular weight is 356 g/mol. The zero-order chi connectivity index (χ0) is 14.7. The number of hydrogen-bond acceptors (Lipinski definition) is 4. The first-order valence-corrected chi connectivity index (χ1v) is 8.46. The molecule has 0 radical (unpaired) electrons. The van der Waals surface area contributed by atoms with Gasteiger partial charge in [0.15, 0.2) is 11.5 Å². The molecule has 0 bridgehead atoms. The van der Waals surface area contributed by atoms with E-state index in [-0.39, 0.29) is 12.0 Å². The highest BCUT2D eigenvalue weighted by atomic mass is 79.9. The number of fused-ring (bicyclic) bond motifs is 1. The number of aliphatic hydroxyl groups is 1. The van der Waals surface area contributed by atoms with Crippen LogP contribution in [0.1, 0.15) is 32.1 Å². The largest absolute Gasteiger partial charge is 0.486 e. The highest BCUT2D eigenvalue weighted by Crippen LogP contribution is 2.40. The van der Waals surface area contributed by atoms with Crippen molar-refractivity contribution in [1.82, 2.24) is 0 Å². The van der Waals surface area contributed by atoms with Crippen LogP contribution in [0, 0.1) is 5.41 Å². The lowest BCUT2D eigenvalue weighted by Gasteiger charge is -2.36.